The number of fused-ring (bicyclic) bond motifs is 1. The van der Waals surface area contributed by atoms with E-state index in [0.717, 1.165) is 11.1 Å². The standard InChI is InChI=1S/C20H11ClN2O3S/c21-14-2-1-3-15(24)16(14)11-6-4-10(5-7-11)13-9-27-20-17(13)18(25)12(8-22)19(26)23-20/h1-7,9,24H,(H2,23,25,26). The summed E-state index contributed by atoms with van der Waals surface area (Å²) < 4.78 is 0. The van der Waals surface area contributed by atoms with Crippen LogP contribution in [0.1, 0.15) is 5.56 Å². The zero-order chi connectivity index (χ0) is 19.1. The van der Waals surface area contributed by atoms with E-state index >= 15 is 0 Å². The summed E-state index contributed by atoms with van der Waals surface area (Å²) >= 11 is 7.47. The number of rotatable bonds is 2. The average molecular weight is 395 g/mol. The number of hydrogen-bond acceptors (Lipinski definition) is 5. The number of H-pyrrole nitrogens is 1. The third-order valence-electron chi connectivity index (χ3n) is 4.31. The van der Waals surface area contributed by atoms with Crippen LogP contribution in [0.2, 0.25) is 5.02 Å². The van der Waals surface area contributed by atoms with Crippen LogP contribution in [0.15, 0.2) is 52.6 Å². The molecule has 0 bridgehead atoms. The third-order valence-corrected chi connectivity index (χ3v) is 5.52. The topological polar surface area (TPSA) is 97.1 Å². The number of aromatic hydroxyl groups is 2. The maximum absolute atomic E-state index is 11.8. The van der Waals surface area contributed by atoms with Gasteiger partial charge >= 0.3 is 0 Å². The average Bonchev–Trinajstić information content (AvgIpc) is 3.06. The highest BCUT2D eigenvalue weighted by Gasteiger charge is 2.17. The van der Waals surface area contributed by atoms with Crippen LogP contribution in [-0.4, -0.2) is 15.2 Å². The fourth-order valence-corrected chi connectivity index (χ4v) is 4.26. The van der Waals surface area contributed by atoms with Gasteiger partial charge in [-0.15, -0.1) is 11.3 Å². The van der Waals surface area contributed by atoms with Crippen molar-refractivity contribution in [2.24, 2.45) is 0 Å². The van der Waals surface area contributed by atoms with Crippen molar-refractivity contribution < 1.29 is 10.2 Å². The summed E-state index contributed by atoms with van der Waals surface area (Å²) in [6.07, 6.45) is 0. The lowest BCUT2D eigenvalue weighted by Crippen LogP contribution is -2.09. The van der Waals surface area contributed by atoms with E-state index < -0.39 is 5.56 Å². The van der Waals surface area contributed by atoms with Gasteiger partial charge in [0, 0.05) is 16.5 Å². The molecule has 0 aliphatic rings. The Morgan fingerprint density at radius 2 is 1.78 bits per heavy atom. The molecule has 2 heterocycles. The summed E-state index contributed by atoms with van der Waals surface area (Å²) in [5.41, 5.74) is 1.87. The maximum atomic E-state index is 11.8. The summed E-state index contributed by atoms with van der Waals surface area (Å²) in [4.78, 5) is 15.0. The Balaban J connectivity index is 1.86. The summed E-state index contributed by atoms with van der Waals surface area (Å²) in [5.74, 6) is -0.231. The normalized spacial score (nSPS) is 10.8. The molecule has 0 fully saturated rings. The van der Waals surface area contributed by atoms with Gasteiger partial charge in [0.2, 0.25) is 0 Å². The highest BCUT2D eigenvalue weighted by atomic mass is 35.5. The number of nitrogens with zero attached hydrogens (tertiary/aromatic N) is 1. The minimum absolute atomic E-state index is 0.0881. The van der Waals surface area contributed by atoms with Crippen molar-refractivity contribution >= 4 is 33.2 Å². The first-order chi connectivity index (χ1) is 13.0. The number of phenolic OH excluding ortho intramolecular Hbond substituents is 1. The van der Waals surface area contributed by atoms with Crippen LogP contribution < -0.4 is 5.56 Å². The summed E-state index contributed by atoms with van der Waals surface area (Å²) in [6, 6.07) is 14.0. The molecule has 0 spiro atoms. The second-order valence-electron chi connectivity index (χ2n) is 5.85. The molecule has 2 aromatic heterocycles. The molecule has 3 N–H and O–H groups in total. The van der Waals surface area contributed by atoms with Crippen molar-refractivity contribution in [3.05, 3.63) is 68.8 Å². The van der Waals surface area contributed by atoms with Crippen molar-refractivity contribution in [2.45, 2.75) is 0 Å². The van der Waals surface area contributed by atoms with Gasteiger partial charge in [0.1, 0.15) is 22.4 Å². The van der Waals surface area contributed by atoms with Crippen LogP contribution in [0, 0.1) is 11.3 Å². The fourth-order valence-electron chi connectivity index (χ4n) is 3.01. The van der Waals surface area contributed by atoms with Gasteiger partial charge in [0.05, 0.1) is 10.4 Å². The first kappa shape index (κ1) is 17.2. The van der Waals surface area contributed by atoms with Gasteiger partial charge in [0.15, 0.2) is 5.56 Å². The van der Waals surface area contributed by atoms with Crippen molar-refractivity contribution in [1.29, 1.82) is 5.26 Å². The molecule has 4 aromatic rings. The van der Waals surface area contributed by atoms with Crippen molar-refractivity contribution in [3.63, 3.8) is 0 Å². The Bertz CT molecular complexity index is 1260. The lowest BCUT2D eigenvalue weighted by molar-refractivity contribution is 0.477. The molecule has 0 amide bonds. The number of phenols is 1. The van der Waals surface area contributed by atoms with Crippen LogP contribution in [-0.2, 0) is 0 Å². The molecule has 0 aliphatic heterocycles. The van der Waals surface area contributed by atoms with Crippen LogP contribution in [0.25, 0.3) is 32.5 Å². The fraction of sp³-hybridized carbons (Fsp3) is 0. The summed E-state index contributed by atoms with van der Waals surface area (Å²) in [5, 5.41) is 32.3. The molecule has 0 unspecified atom stereocenters. The Labute approximate surface area is 162 Å². The predicted octanol–water partition coefficient (Wildman–Crippen LogP) is 4.86. The Morgan fingerprint density at radius 3 is 2.44 bits per heavy atom. The maximum Gasteiger partial charge on any atom is 0.270 e. The number of hydrogen-bond donors (Lipinski definition) is 3. The molecule has 132 valence electrons. The highest BCUT2D eigenvalue weighted by Crippen LogP contribution is 2.40. The molecule has 27 heavy (non-hydrogen) atoms. The molecule has 0 atom stereocenters. The number of aromatic amines is 1. The van der Waals surface area contributed by atoms with Crippen LogP contribution in [0.5, 0.6) is 11.5 Å². The number of benzene rings is 2. The van der Waals surface area contributed by atoms with E-state index in [0.29, 0.717) is 26.4 Å². The number of aromatic nitrogens is 1. The van der Waals surface area contributed by atoms with Crippen molar-refractivity contribution in [2.75, 3.05) is 0 Å². The number of thiophene rings is 1. The summed E-state index contributed by atoms with van der Waals surface area (Å²) in [6.45, 7) is 0. The Kier molecular flexibility index (Phi) is 4.11. The van der Waals surface area contributed by atoms with E-state index in [9.17, 15) is 15.0 Å². The van der Waals surface area contributed by atoms with Gasteiger partial charge in [-0.3, -0.25) is 4.79 Å². The SMILES string of the molecule is N#Cc1c(O)c2c(-c3ccc(-c4c(O)cccc4Cl)cc3)csc2[nH]c1=O. The van der Waals surface area contributed by atoms with Crippen molar-refractivity contribution in [3.8, 4) is 39.8 Å². The second kappa shape index (κ2) is 6.47. The largest absolute Gasteiger partial charge is 0.507 e. The first-order valence-corrected chi connectivity index (χ1v) is 9.12. The molecule has 0 aliphatic carbocycles. The molecule has 2 aromatic carbocycles. The Hall–Kier alpha value is -3.27. The molecule has 0 saturated carbocycles. The second-order valence-corrected chi connectivity index (χ2v) is 7.14. The molecule has 7 heteroatoms. The van der Waals surface area contributed by atoms with Gasteiger partial charge in [-0.1, -0.05) is 41.9 Å². The molecule has 4 rings (SSSR count). The van der Waals surface area contributed by atoms with E-state index in [2.05, 4.69) is 4.98 Å². The monoisotopic (exact) mass is 394 g/mol. The lowest BCUT2D eigenvalue weighted by Gasteiger charge is -2.08. The van der Waals surface area contributed by atoms with E-state index in [4.69, 9.17) is 16.9 Å². The third kappa shape index (κ3) is 2.74. The zero-order valence-corrected chi connectivity index (χ0v) is 15.2. The minimum Gasteiger partial charge on any atom is -0.507 e. The Morgan fingerprint density at radius 1 is 1.07 bits per heavy atom. The van der Waals surface area contributed by atoms with Crippen LogP contribution >= 0.6 is 22.9 Å². The van der Waals surface area contributed by atoms with Gasteiger partial charge in [0.25, 0.3) is 5.56 Å². The van der Waals surface area contributed by atoms with Crippen LogP contribution in [0.4, 0.5) is 0 Å². The van der Waals surface area contributed by atoms with E-state index in [-0.39, 0.29) is 17.1 Å². The predicted molar refractivity (Wildman–Crippen MR) is 106 cm³/mol. The van der Waals surface area contributed by atoms with Gasteiger partial charge < -0.3 is 15.2 Å². The minimum atomic E-state index is -0.611. The first-order valence-electron chi connectivity index (χ1n) is 7.86. The van der Waals surface area contributed by atoms with Gasteiger partial charge in [-0.2, -0.15) is 5.26 Å². The highest BCUT2D eigenvalue weighted by molar-refractivity contribution is 7.17. The van der Waals surface area contributed by atoms with Gasteiger partial charge in [-0.25, -0.2) is 0 Å². The van der Waals surface area contributed by atoms with E-state index in [1.807, 2.05) is 29.6 Å². The van der Waals surface area contributed by atoms with Gasteiger partial charge in [-0.05, 0) is 23.3 Å². The zero-order valence-electron chi connectivity index (χ0n) is 13.7. The quantitative estimate of drug-likeness (QED) is 0.452. The van der Waals surface area contributed by atoms with Crippen LogP contribution in [0.3, 0.4) is 0 Å². The molecular weight excluding hydrogens is 384 g/mol. The number of halogens is 1. The molecule has 0 radical (unpaired) electrons. The molecule has 0 saturated heterocycles. The molecule has 5 nitrogen and oxygen atoms in total. The van der Waals surface area contributed by atoms with Crippen molar-refractivity contribution in [1.82, 2.24) is 4.98 Å². The molecular formula is C20H11ClN2O3S. The van der Waals surface area contributed by atoms with E-state index in [1.165, 1.54) is 11.3 Å². The number of nitriles is 1. The smallest absolute Gasteiger partial charge is 0.270 e. The number of pyridine rings is 1. The lowest BCUT2D eigenvalue weighted by atomic mass is 9.99. The summed E-state index contributed by atoms with van der Waals surface area (Å²) in [7, 11) is 0. The number of nitrogens with one attached hydrogen (secondary N) is 1. The van der Waals surface area contributed by atoms with E-state index in [1.54, 1.807) is 24.3 Å².